The largest absolute Gasteiger partial charge is 0.340 e. The lowest BCUT2D eigenvalue weighted by molar-refractivity contribution is -0.140. The van der Waals surface area contributed by atoms with Gasteiger partial charge in [-0.2, -0.15) is 0 Å². The summed E-state index contributed by atoms with van der Waals surface area (Å²) in [6.45, 7) is 8.02. The average molecular weight is 364 g/mol. The Hall–Kier alpha value is -1.10. The lowest BCUT2D eigenvalue weighted by atomic mass is 9.88. The molecule has 0 bridgehead atoms. The van der Waals surface area contributed by atoms with Crippen LogP contribution in [0, 0.1) is 5.92 Å². The fourth-order valence-corrected chi connectivity index (χ4v) is 5.10. The summed E-state index contributed by atoms with van der Waals surface area (Å²) in [4.78, 5) is 32.0. The summed E-state index contributed by atoms with van der Waals surface area (Å²) < 4.78 is 0. The zero-order valence-electron chi connectivity index (χ0n) is 16.8. The Morgan fingerprint density at radius 3 is 2.04 bits per heavy atom. The van der Waals surface area contributed by atoms with E-state index in [1.165, 1.54) is 32.1 Å². The molecule has 0 radical (unpaired) electrons. The van der Waals surface area contributed by atoms with Crippen LogP contribution in [0.15, 0.2) is 0 Å². The third kappa shape index (κ3) is 4.79. The van der Waals surface area contributed by atoms with Crippen LogP contribution in [-0.4, -0.2) is 71.3 Å². The Morgan fingerprint density at radius 1 is 0.885 bits per heavy atom. The fraction of sp³-hybridized carbons (Fsp3) is 0.905. The number of amides is 2. The van der Waals surface area contributed by atoms with Crippen LogP contribution < -0.4 is 0 Å². The number of rotatable bonds is 5. The molecule has 1 aliphatic heterocycles. The molecule has 0 aromatic rings. The van der Waals surface area contributed by atoms with E-state index in [0.29, 0.717) is 18.5 Å². The third-order valence-electron chi connectivity index (χ3n) is 6.56. The summed E-state index contributed by atoms with van der Waals surface area (Å²) >= 11 is 0. The van der Waals surface area contributed by atoms with Crippen molar-refractivity contribution in [2.24, 2.45) is 5.92 Å². The van der Waals surface area contributed by atoms with Crippen LogP contribution in [0.5, 0.6) is 0 Å². The normalized spacial score (nSPS) is 23.6. The predicted octanol–water partition coefficient (Wildman–Crippen LogP) is 2.89. The minimum absolute atomic E-state index is 0.260. The van der Waals surface area contributed by atoms with Crippen molar-refractivity contribution in [1.82, 2.24) is 14.7 Å². The second kappa shape index (κ2) is 9.20. The zero-order chi connectivity index (χ0) is 18.5. The van der Waals surface area contributed by atoms with Crippen LogP contribution in [0.2, 0.25) is 0 Å². The van der Waals surface area contributed by atoms with Gasteiger partial charge in [0.1, 0.15) is 0 Å². The van der Waals surface area contributed by atoms with E-state index in [1.54, 1.807) is 0 Å². The van der Waals surface area contributed by atoms with Gasteiger partial charge in [-0.1, -0.05) is 32.1 Å². The summed E-state index contributed by atoms with van der Waals surface area (Å²) in [5.74, 6) is 0.903. The average Bonchev–Trinajstić information content (AvgIpc) is 3.16. The summed E-state index contributed by atoms with van der Waals surface area (Å²) in [6, 6.07) is 0.719. The molecule has 2 amide bonds. The van der Waals surface area contributed by atoms with Crippen molar-refractivity contribution in [2.75, 3.05) is 32.7 Å². The highest BCUT2D eigenvalue weighted by Gasteiger charge is 2.32. The summed E-state index contributed by atoms with van der Waals surface area (Å²) in [7, 11) is 0. The van der Waals surface area contributed by atoms with Crippen LogP contribution in [0.25, 0.3) is 0 Å². The Balaban J connectivity index is 1.46. The molecular weight excluding hydrogens is 326 g/mol. The summed E-state index contributed by atoms with van der Waals surface area (Å²) in [6.07, 6.45) is 10.7. The lowest BCUT2D eigenvalue weighted by Crippen LogP contribution is -2.54. The molecule has 5 nitrogen and oxygen atoms in total. The molecule has 26 heavy (non-hydrogen) atoms. The van der Waals surface area contributed by atoms with Gasteiger partial charge in [-0.15, -0.1) is 0 Å². The van der Waals surface area contributed by atoms with E-state index in [9.17, 15) is 9.59 Å². The van der Waals surface area contributed by atoms with Gasteiger partial charge in [0.05, 0.1) is 6.54 Å². The Morgan fingerprint density at radius 2 is 1.46 bits per heavy atom. The molecule has 0 N–H and O–H groups in total. The van der Waals surface area contributed by atoms with Crippen molar-refractivity contribution in [3.8, 4) is 0 Å². The molecule has 3 aliphatic rings. The highest BCUT2D eigenvalue weighted by molar-refractivity contribution is 5.80. The highest BCUT2D eigenvalue weighted by atomic mass is 16.2. The van der Waals surface area contributed by atoms with Gasteiger partial charge in [0.25, 0.3) is 0 Å². The molecular formula is C21H37N3O2. The first-order valence-electron chi connectivity index (χ1n) is 10.9. The quantitative estimate of drug-likeness (QED) is 0.754. The van der Waals surface area contributed by atoms with Gasteiger partial charge in [0.15, 0.2) is 0 Å². The first-order chi connectivity index (χ1) is 12.6. The number of hydrogen-bond donors (Lipinski definition) is 0. The predicted molar refractivity (Wildman–Crippen MR) is 104 cm³/mol. The molecule has 0 spiro atoms. The van der Waals surface area contributed by atoms with Gasteiger partial charge in [-0.05, 0) is 39.5 Å². The maximum Gasteiger partial charge on any atom is 0.237 e. The van der Waals surface area contributed by atoms with Crippen molar-refractivity contribution >= 4 is 11.8 Å². The second-order valence-electron chi connectivity index (χ2n) is 8.77. The van der Waals surface area contributed by atoms with Crippen LogP contribution >= 0.6 is 0 Å². The molecule has 1 heterocycles. The molecule has 1 saturated heterocycles. The maximum absolute atomic E-state index is 12.9. The van der Waals surface area contributed by atoms with E-state index in [4.69, 9.17) is 0 Å². The maximum atomic E-state index is 12.9. The van der Waals surface area contributed by atoms with E-state index in [2.05, 4.69) is 23.6 Å². The van der Waals surface area contributed by atoms with E-state index in [-0.39, 0.29) is 17.9 Å². The highest BCUT2D eigenvalue weighted by Crippen LogP contribution is 2.27. The second-order valence-corrected chi connectivity index (χ2v) is 8.77. The fourth-order valence-electron chi connectivity index (χ4n) is 5.10. The van der Waals surface area contributed by atoms with Gasteiger partial charge in [-0.25, -0.2) is 0 Å². The lowest BCUT2D eigenvalue weighted by Gasteiger charge is -2.39. The van der Waals surface area contributed by atoms with Crippen molar-refractivity contribution in [1.29, 1.82) is 0 Å². The Kier molecular flexibility index (Phi) is 6.96. The molecule has 2 aliphatic carbocycles. The zero-order valence-corrected chi connectivity index (χ0v) is 16.8. The van der Waals surface area contributed by atoms with Crippen molar-refractivity contribution in [3.63, 3.8) is 0 Å². The Bertz CT molecular complexity index is 474. The first kappa shape index (κ1) is 19.7. The Labute approximate surface area is 159 Å². The van der Waals surface area contributed by atoms with Gasteiger partial charge < -0.3 is 9.80 Å². The summed E-state index contributed by atoms with van der Waals surface area (Å²) in [5.41, 5.74) is 0. The van der Waals surface area contributed by atoms with E-state index in [0.717, 1.165) is 51.9 Å². The minimum Gasteiger partial charge on any atom is -0.340 e. The summed E-state index contributed by atoms with van der Waals surface area (Å²) in [5, 5.41) is 0. The van der Waals surface area contributed by atoms with Gasteiger partial charge in [0, 0.05) is 44.2 Å². The van der Waals surface area contributed by atoms with E-state index in [1.807, 2.05) is 4.90 Å². The van der Waals surface area contributed by atoms with Crippen LogP contribution in [-0.2, 0) is 9.59 Å². The van der Waals surface area contributed by atoms with Crippen molar-refractivity contribution < 1.29 is 9.59 Å². The molecule has 2 saturated carbocycles. The molecule has 0 aromatic carbocycles. The third-order valence-corrected chi connectivity index (χ3v) is 6.56. The first-order valence-corrected chi connectivity index (χ1v) is 10.9. The van der Waals surface area contributed by atoms with Crippen LogP contribution in [0.1, 0.15) is 71.6 Å². The number of carbonyl (C=O) groups excluding carboxylic acids is 2. The van der Waals surface area contributed by atoms with Gasteiger partial charge in [-0.3, -0.25) is 14.5 Å². The topological polar surface area (TPSA) is 43.9 Å². The van der Waals surface area contributed by atoms with Gasteiger partial charge in [0.2, 0.25) is 11.8 Å². The number of piperazine rings is 1. The van der Waals surface area contributed by atoms with Crippen molar-refractivity contribution in [3.05, 3.63) is 0 Å². The molecule has 148 valence electrons. The monoisotopic (exact) mass is 363 g/mol. The number of carbonyl (C=O) groups is 2. The smallest absolute Gasteiger partial charge is 0.237 e. The molecule has 3 fully saturated rings. The minimum atomic E-state index is 0.260. The van der Waals surface area contributed by atoms with Crippen molar-refractivity contribution in [2.45, 2.75) is 83.7 Å². The van der Waals surface area contributed by atoms with E-state index >= 15 is 0 Å². The standard InChI is InChI=1S/C21H37N3O2/c1-17(2)24(19-10-6-7-11-19)20(25)16-22-12-14-23(15-13-22)21(26)18-8-4-3-5-9-18/h17-19H,3-16H2,1-2H3. The molecule has 0 atom stereocenters. The van der Waals surface area contributed by atoms with Crippen LogP contribution in [0.4, 0.5) is 0 Å². The van der Waals surface area contributed by atoms with E-state index < -0.39 is 0 Å². The SMILES string of the molecule is CC(C)N(C(=O)CN1CCN(C(=O)C2CCCCC2)CC1)C1CCCC1. The number of nitrogens with zero attached hydrogens (tertiary/aromatic N) is 3. The molecule has 3 rings (SSSR count). The molecule has 0 aromatic heterocycles. The molecule has 5 heteroatoms. The van der Waals surface area contributed by atoms with Gasteiger partial charge >= 0.3 is 0 Å². The number of hydrogen-bond acceptors (Lipinski definition) is 3. The molecule has 0 unspecified atom stereocenters. The van der Waals surface area contributed by atoms with Crippen LogP contribution in [0.3, 0.4) is 0 Å².